The average molecular weight is 639 g/mol. The van der Waals surface area contributed by atoms with Crippen molar-refractivity contribution in [2.24, 2.45) is 0 Å². The molecular weight excluding hydrogens is 605 g/mol. The molecule has 2 heteroatoms. The highest BCUT2D eigenvalue weighted by molar-refractivity contribution is 6.10. The second kappa shape index (κ2) is 12.8. The van der Waals surface area contributed by atoms with Crippen LogP contribution in [-0.2, 0) is 0 Å². The van der Waals surface area contributed by atoms with Crippen molar-refractivity contribution in [3.05, 3.63) is 206 Å². The first-order valence-corrected chi connectivity index (χ1v) is 17.1. The second-order valence-corrected chi connectivity index (χ2v) is 12.6. The van der Waals surface area contributed by atoms with Gasteiger partial charge in [0.05, 0.1) is 11.0 Å². The number of hydrogen-bond donors (Lipinski definition) is 0. The summed E-state index contributed by atoms with van der Waals surface area (Å²) in [5.74, 6) is 0. The lowest BCUT2D eigenvalue weighted by atomic mass is 10.0. The van der Waals surface area contributed by atoms with Gasteiger partial charge in [0.2, 0.25) is 0 Å². The smallest absolute Gasteiger partial charge is 0.0541 e. The quantitative estimate of drug-likeness (QED) is 0.169. The zero-order chi connectivity index (χ0) is 33.3. The van der Waals surface area contributed by atoms with Crippen molar-refractivity contribution in [3.8, 4) is 39.1 Å². The van der Waals surface area contributed by atoms with Gasteiger partial charge in [0.25, 0.3) is 0 Å². The van der Waals surface area contributed by atoms with Gasteiger partial charge in [-0.05, 0) is 100 Å². The maximum Gasteiger partial charge on any atom is 0.0541 e. The van der Waals surface area contributed by atoms with Crippen LogP contribution in [0, 0.1) is 0 Å². The number of fused-ring (bicyclic) bond motifs is 3. The maximum atomic E-state index is 2.37. The summed E-state index contributed by atoms with van der Waals surface area (Å²) in [6.45, 7) is 0. The SMILES string of the molecule is c1ccc(-c2ccc(N(c3ccc(-c4ccccc4)cc3)c3cccc(-c4ccc5c(c4)c4ccccc4n5-c4ccccc4)c3)cc2)cc1. The number of para-hydroxylation sites is 2. The summed E-state index contributed by atoms with van der Waals surface area (Å²) in [7, 11) is 0. The van der Waals surface area contributed by atoms with Crippen LogP contribution < -0.4 is 4.90 Å². The first kappa shape index (κ1) is 29.5. The van der Waals surface area contributed by atoms with Crippen LogP contribution in [0.1, 0.15) is 0 Å². The Hall–Kier alpha value is -6.64. The topological polar surface area (TPSA) is 8.17 Å². The Bertz CT molecular complexity index is 2470. The van der Waals surface area contributed by atoms with Crippen LogP contribution in [0.2, 0.25) is 0 Å². The second-order valence-electron chi connectivity index (χ2n) is 12.6. The van der Waals surface area contributed by atoms with Crippen molar-refractivity contribution in [2.75, 3.05) is 4.90 Å². The third kappa shape index (κ3) is 5.43. The zero-order valence-corrected chi connectivity index (χ0v) is 27.5. The van der Waals surface area contributed by atoms with Crippen LogP contribution in [0.15, 0.2) is 206 Å². The normalized spacial score (nSPS) is 11.2. The van der Waals surface area contributed by atoms with Crippen molar-refractivity contribution < 1.29 is 0 Å². The minimum atomic E-state index is 1.11. The Morgan fingerprint density at radius 1 is 0.280 bits per heavy atom. The molecule has 0 fully saturated rings. The number of anilines is 3. The Labute approximate surface area is 292 Å². The number of benzene rings is 8. The molecule has 0 spiro atoms. The highest BCUT2D eigenvalue weighted by Crippen LogP contribution is 2.40. The molecule has 0 atom stereocenters. The summed E-state index contributed by atoms with van der Waals surface area (Å²) in [4.78, 5) is 2.35. The van der Waals surface area contributed by atoms with Gasteiger partial charge in [0, 0.05) is 33.5 Å². The van der Waals surface area contributed by atoms with E-state index in [1.54, 1.807) is 0 Å². The maximum absolute atomic E-state index is 2.37. The van der Waals surface area contributed by atoms with E-state index < -0.39 is 0 Å². The fourth-order valence-corrected chi connectivity index (χ4v) is 7.15. The van der Waals surface area contributed by atoms with Gasteiger partial charge in [-0.2, -0.15) is 0 Å². The van der Waals surface area contributed by atoms with E-state index in [1.165, 1.54) is 60.9 Å². The molecule has 0 saturated heterocycles. The summed E-state index contributed by atoms with van der Waals surface area (Å²) < 4.78 is 2.37. The third-order valence-corrected chi connectivity index (χ3v) is 9.59. The van der Waals surface area contributed by atoms with Crippen LogP contribution in [0.4, 0.5) is 17.1 Å². The fourth-order valence-electron chi connectivity index (χ4n) is 7.15. The third-order valence-electron chi connectivity index (χ3n) is 9.59. The standard InChI is InChI=1S/C48H34N2/c1-4-13-35(14-5-1)37-23-28-42(29-24-37)49(43-30-25-38(26-31-43)36-15-6-2-7-16-36)44-20-12-17-39(33-44)40-27-32-48-46(34-40)45-21-10-11-22-47(45)50(48)41-18-8-3-9-19-41/h1-34H. The van der Waals surface area contributed by atoms with Gasteiger partial charge in [-0.3, -0.25) is 0 Å². The Morgan fingerprint density at radius 3 is 1.36 bits per heavy atom. The van der Waals surface area contributed by atoms with E-state index in [4.69, 9.17) is 0 Å². The fraction of sp³-hybridized carbons (Fsp3) is 0. The molecule has 0 aliphatic carbocycles. The molecule has 0 amide bonds. The Morgan fingerprint density at radius 2 is 0.740 bits per heavy atom. The molecule has 0 N–H and O–H groups in total. The molecular formula is C48H34N2. The van der Waals surface area contributed by atoms with E-state index in [1.807, 2.05) is 0 Å². The van der Waals surface area contributed by atoms with Crippen molar-refractivity contribution in [1.29, 1.82) is 0 Å². The van der Waals surface area contributed by atoms with Gasteiger partial charge >= 0.3 is 0 Å². The van der Waals surface area contributed by atoms with Crippen molar-refractivity contribution in [3.63, 3.8) is 0 Å². The average Bonchev–Trinajstić information content (AvgIpc) is 3.53. The lowest BCUT2D eigenvalue weighted by Gasteiger charge is -2.26. The van der Waals surface area contributed by atoms with Crippen LogP contribution in [0.5, 0.6) is 0 Å². The minimum Gasteiger partial charge on any atom is -0.310 e. The van der Waals surface area contributed by atoms with Gasteiger partial charge in [0.1, 0.15) is 0 Å². The summed E-state index contributed by atoms with van der Waals surface area (Å²) >= 11 is 0. The van der Waals surface area contributed by atoms with Gasteiger partial charge in [0.15, 0.2) is 0 Å². The Kier molecular flexibility index (Phi) is 7.53. The lowest BCUT2D eigenvalue weighted by Crippen LogP contribution is -2.10. The molecule has 50 heavy (non-hydrogen) atoms. The van der Waals surface area contributed by atoms with Crippen LogP contribution in [-0.4, -0.2) is 4.57 Å². The van der Waals surface area contributed by atoms with E-state index in [9.17, 15) is 0 Å². The van der Waals surface area contributed by atoms with Crippen molar-refractivity contribution in [1.82, 2.24) is 4.57 Å². The predicted molar refractivity (Wildman–Crippen MR) is 212 cm³/mol. The van der Waals surface area contributed by atoms with E-state index in [-0.39, 0.29) is 0 Å². The van der Waals surface area contributed by atoms with E-state index in [0.29, 0.717) is 0 Å². The molecule has 1 heterocycles. The summed E-state index contributed by atoms with van der Waals surface area (Å²) in [5, 5.41) is 2.50. The van der Waals surface area contributed by atoms with Crippen LogP contribution >= 0.6 is 0 Å². The van der Waals surface area contributed by atoms with Crippen molar-refractivity contribution in [2.45, 2.75) is 0 Å². The lowest BCUT2D eigenvalue weighted by molar-refractivity contribution is 1.18. The molecule has 0 saturated carbocycles. The van der Waals surface area contributed by atoms with E-state index in [2.05, 4.69) is 216 Å². The zero-order valence-electron chi connectivity index (χ0n) is 27.5. The molecule has 1 aromatic heterocycles. The Balaban J connectivity index is 1.15. The van der Waals surface area contributed by atoms with Crippen molar-refractivity contribution >= 4 is 38.9 Å². The summed E-state index contributed by atoms with van der Waals surface area (Å²) in [6.07, 6.45) is 0. The molecule has 0 aliphatic heterocycles. The predicted octanol–water partition coefficient (Wildman–Crippen LogP) is 13.3. The molecule has 0 unspecified atom stereocenters. The van der Waals surface area contributed by atoms with Crippen LogP contribution in [0.25, 0.3) is 60.9 Å². The highest BCUT2D eigenvalue weighted by Gasteiger charge is 2.16. The molecule has 0 bridgehead atoms. The van der Waals surface area contributed by atoms with Gasteiger partial charge in [-0.25, -0.2) is 0 Å². The minimum absolute atomic E-state index is 1.11. The molecule has 9 rings (SSSR count). The van der Waals surface area contributed by atoms with Gasteiger partial charge in [-0.15, -0.1) is 0 Å². The number of aromatic nitrogens is 1. The molecule has 0 aliphatic rings. The molecule has 2 nitrogen and oxygen atoms in total. The highest BCUT2D eigenvalue weighted by atomic mass is 15.1. The molecule has 9 aromatic rings. The largest absolute Gasteiger partial charge is 0.310 e. The molecule has 8 aromatic carbocycles. The van der Waals surface area contributed by atoms with Crippen LogP contribution in [0.3, 0.4) is 0 Å². The van der Waals surface area contributed by atoms with Gasteiger partial charge in [-0.1, -0.05) is 140 Å². The van der Waals surface area contributed by atoms with E-state index in [0.717, 1.165) is 17.1 Å². The molecule has 236 valence electrons. The molecule has 0 radical (unpaired) electrons. The summed E-state index contributed by atoms with van der Waals surface area (Å²) in [6, 6.07) is 74.0. The van der Waals surface area contributed by atoms with Gasteiger partial charge < -0.3 is 9.47 Å². The first-order valence-electron chi connectivity index (χ1n) is 17.1. The summed E-state index contributed by atoms with van der Waals surface area (Å²) in [5.41, 5.74) is 14.1. The first-order chi connectivity index (χ1) is 24.8. The monoisotopic (exact) mass is 638 g/mol. The number of nitrogens with zero attached hydrogens (tertiary/aromatic N) is 2. The van der Waals surface area contributed by atoms with E-state index >= 15 is 0 Å². The number of hydrogen-bond acceptors (Lipinski definition) is 1. The number of rotatable bonds is 7.